The van der Waals surface area contributed by atoms with E-state index in [-0.39, 0.29) is 21.7 Å². The summed E-state index contributed by atoms with van der Waals surface area (Å²) < 4.78 is 0. The fourth-order valence-electron chi connectivity index (χ4n) is 29.8. The van der Waals surface area contributed by atoms with Crippen LogP contribution in [0.25, 0.3) is 32.3 Å². The smallest absolute Gasteiger partial charge is 0.0674 e. The molecule has 8 nitrogen and oxygen atoms in total. The zero-order chi connectivity index (χ0) is 74.1. The number of pyridine rings is 4. The molecule has 16 aliphatic rings. The lowest BCUT2D eigenvalue weighted by atomic mass is 9.48. The van der Waals surface area contributed by atoms with E-state index in [1.54, 1.807) is 0 Å². The normalized spacial score (nSPS) is 31.2. The molecule has 16 bridgehead atoms. The van der Waals surface area contributed by atoms with Crippen molar-refractivity contribution in [1.82, 2.24) is 19.9 Å². The van der Waals surface area contributed by atoms with E-state index in [0.717, 1.165) is 139 Å². The molecular formula is C104H106N8. The van der Waals surface area contributed by atoms with Crippen molar-refractivity contribution in [3.63, 3.8) is 0 Å². The molecule has 0 N–H and O–H groups in total. The first-order chi connectivity index (χ1) is 54.8. The Bertz CT molecular complexity index is 4880. The fraction of sp³-hybridized carbons (Fsp3) is 0.423. The lowest BCUT2D eigenvalue weighted by Crippen LogP contribution is -2.48. The summed E-state index contributed by atoms with van der Waals surface area (Å²) in [5.74, 6) is 10.2. The molecule has 0 amide bonds. The predicted octanol–water partition coefficient (Wildman–Crippen LogP) is 27.1. The molecule has 8 aromatic carbocycles. The van der Waals surface area contributed by atoms with Crippen LogP contribution in [0.5, 0.6) is 0 Å². The maximum atomic E-state index is 5.08. The van der Waals surface area contributed by atoms with Crippen LogP contribution in [0.1, 0.15) is 199 Å². The molecule has 0 atom stereocenters. The van der Waals surface area contributed by atoms with Crippen LogP contribution >= 0.6 is 0 Å². The van der Waals surface area contributed by atoms with Crippen LogP contribution in [0.15, 0.2) is 207 Å². The quantitative estimate of drug-likeness (QED) is 0.0887. The summed E-state index contributed by atoms with van der Waals surface area (Å²) in [6, 6.07) is 64.4. The van der Waals surface area contributed by atoms with Gasteiger partial charge in [-0.15, -0.1) is 0 Å². The highest BCUT2D eigenvalue weighted by Crippen LogP contribution is 2.67. The molecule has 16 fully saturated rings. The van der Waals surface area contributed by atoms with Crippen LogP contribution in [0, 0.1) is 98.7 Å². The van der Waals surface area contributed by atoms with Gasteiger partial charge in [0.05, 0.1) is 70.3 Å². The first kappa shape index (κ1) is 67.1. The van der Waals surface area contributed by atoms with E-state index < -0.39 is 0 Å². The van der Waals surface area contributed by atoms with Gasteiger partial charge in [0.15, 0.2) is 0 Å². The van der Waals surface area contributed by atoms with E-state index in [9.17, 15) is 0 Å². The van der Waals surface area contributed by atoms with Gasteiger partial charge in [0.2, 0.25) is 0 Å². The van der Waals surface area contributed by atoms with Gasteiger partial charge in [-0.2, -0.15) is 0 Å². The Hall–Kier alpha value is -9.40. The second-order valence-corrected chi connectivity index (χ2v) is 39.9. The third kappa shape index (κ3) is 10.5. The first-order valence-corrected chi connectivity index (χ1v) is 43.8. The lowest BCUT2D eigenvalue weighted by molar-refractivity contribution is -0.00530. The second kappa shape index (κ2) is 25.1. The van der Waals surface area contributed by atoms with Crippen molar-refractivity contribution in [2.24, 2.45) is 71.0 Å². The molecule has 0 saturated heterocycles. The number of aryl methyl sites for hydroxylation is 4. The number of anilines is 12. The molecule has 4 aromatic heterocycles. The summed E-state index contributed by atoms with van der Waals surface area (Å²) in [6.07, 6.45) is 49.5. The number of benzene rings is 8. The van der Waals surface area contributed by atoms with Crippen molar-refractivity contribution in [2.75, 3.05) is 19.6 Å². The Morgan fingerprint density at radius 1 is 0.223 bits per heavy atom. The predicted molar refractivity (Wildman–Crippen MR) is 458 cm³/mol. The van der Waals surface area contributed by atoms with Crippen molar-refractivity contribution in [3.8, 4) is 0 Å². The van der Waals surface area contributed by atoms with Crippen molar-refractivity contribution < 1.29 is 0 Å². The van der Waals surface area contributed by atoms with Gasteiger partial charge in [0.25, 0.3) is 0 Å². The molecule has 28 rings (SSSR count). The Morgan fingerprint density at radius 3 is 0.571 bits per heavy atom. The highest BCUT2D eigenvalue weighted by Gasteiger charge is 2.56. The van der Waals surface area contributed by atoms with Crippen molar-refractivity contribution in [2.45, 2.75) is 203 Å². The van der Waals surface area contributed by atoms with Gasteiger partial charge in [0.1, 0.15) is 0 Å². The number of nitrogens with zero attached hydrogens (tertiary/aromatic N) is 8. The summed E-state index contributed by atoms with van der Waals surface area (Å²) in [6.45, 7) is 9.15. The Labute approximate surface area is 662 Å². The zero-order valence-corrected chi connectivity index (χ0v) is 66.1. The standard InChI is InChI=1S/C104H106N8/c1-63-25-29-105-59-95(63)109(83-13-5-79(6-14-83)101-47-67-33-68(48-101)35-69(34-67)49-101)91-45-92(110(96-60-106-30-26-64(96)2)84-15-7-80(8-16-84)102-50-70-36-71(51-102)38-72(37-70)52-102)88-23-24-90-94(112(98-62-108-32-28-66(98)4)86-19-11-82(12-20-86)104-56-76-42-77(57-104)44-78(43-76)58-104)46-93(89-22-21-87(91)99(88)100(89)90)111(97-61-107-31-27-65(97)3)85-17-9-81(10-18-85)103-53-73-39-74(54-103)41-75(40-73)55-103/h5-32,45-46,59-62,67-78H,33-44,47-58H2,1-4H3. The molecular weight excluding hydrogens is 1360 g/mol. The third-order valence-corrected chi connectivity index (χ3v) is 32.9. The molecule has 562 valence electrons. The van der Waals surface area contributed by atoms with Gasteiger partial charge in [-0.05, 0) is 404 Å². The van der Waals surface area contributed by atoms with Crippen molar-refractivity contribution >= 4 is 101 Å². The summed E-state index contributed by atoms with van der Waals surface area (Å²) in [5.41, 5.74) is 25.1. The zero-order valence-electron chi connectivity index (χ0n) is 66.1. The minimum atomic E-state index is 0.253. The monoisotopic (exact) mass is 1470 g/mol. The molecule has 0 radical (unpaired) electrons. The fourth-order valence-corrected chi connectivity index (χ4v) is 29.8. The number of hydrogen-bond donors (Lipinski definition) is 0. The van der Waals surface area contributed by atoms with Gasteiger partial charge < -0.3 is 19.6 Å². The molecule has 12 aromatic rings. The second-order valence-electron chi connectivity index (χ2n) is 39.9. The van der Waals surface area contributed by atoms with Crippen LogP contribution < -0.4 is 19.6 Å². The van der Waals surface area contributed by atoms with E-state index in [2.05, 4.69) is 230 Å². The maximum absolute atomic E-state index is 5.08. The average Bonchev–Trinajstić information content (AvgIpc) is 0.689. The molecule has 0 unspecified atom stereocenters. The van der Waals surface area contributed by atoms with Gasteiger partial charge in [-0.1, -0.05) is 72.8 Å². The van der Waals surface area contributed by atoms with Crippen molar-refractivity contribution in [3.05, 3.63) is 252 Å². The highest BCUT2D eigenvalue weighted by molar-refractivity contribution is 6.33. The van der Waals surface area contributed by atoms with Crippen LogP contribution in [0.2, 0.25) is 0 Å². The summed E-state index contributed by atoms with van der Waals surface area (Å²) in [5, 5.41) is 7.17. The SMILES string of the molecule is Cc1ccncc1N(c1ccc(C23CC4CC(CC(C4)C2)C3)cc1)c1cc(N(c2ccc(C34CC5CC(CC(C5)C3)C4)cc2)c2cnccc2C)c2ccc3c(N(c4ccc(C56CC7CC(CC(C7)C5)C6)cc4)c4cnccc4C)cc(N(c4ccc(C56CC7CC(CC(C7)C5)C6)cc4)c4cnccc4C)c4ccc1c2c43. The van der Waals surface area contributed by atoms with Gasteiger partial charge in [0, 0.05) is 79.9 Å². The van der Waals surface area contributed by atoms with Crippen LogP contribution in [-0.2, 0) is 21.7 Å². The highest BCUT2D eigenvalue weighted by atomic mass is 15.2. The van der Waals surface area contributed by atoms with E-state index >= 15 is 0 Å². The summed E-state index contributed by atoms with van der Waals surface area (Å²) in [4.78, 5) is 30.7. The minimum Gasteiger partial charge on any atom is -0.308 e. The average molecular weight is 1470 g/mol. The maximum Gasteiger partial charge on any atom is 0.0674 e. The van der Waals surface area contributed by atoms with E-state index in [4.69, 9.17) is 19.9 Å². The van der Waals surface area contributed by atoms with Crippen LogP contribution in [-0.4, -0.2) is 19.9 Å². The summed E-state index contributed by atoms with van der Waals surface area (Å²) in [7, 11) is 0. The largest absolute Gasteiger partial charge is 0.308 e. The van der Waals surface area contributed by atoms with Gasteiger partial charge >= 0.3 is 0 Å². The lowest BCUT2D eigenvalue weighted by Gasteiger charge is -2.57. The Kier molecular flexibility index (Phi) is 15.0. The molecule has 112 heavy (non-hydrogen) atoms. The van der Waals surface area contributed by atoms with Gasteiger partial charge in [-0.25, -0.2) is 0 Å². The topological polar surface area (TPSA) is 64.5 Å². The van der Waals surface area contributed by atoms with Crippen molar-refractivity contribution in [1.29, 1.82) is 0 Å². The number of hydrogen-bond acceptors (Lipinski definition) is 8. The number of rotatable bonds is 16. The van der Waals surface area contributed by atoms with Crippen LogP contribution in [0.4, 0.5) is 68.2 Å². The molecule has 8 heteroatoms. The minimum absolute atomic E-state index is 0.253. The van der Waals surface area contributed by atoms with E-state index in [1.807, 2.05) is 24.8 Å². The molecule has 0 aliphatic heterocycles. The van der Waals surface area contributed by atoms with Crippen LogP contribution in [0.3, 0.4) is 0 Å². The molecule has 16 aliphatic carbocycles. The molecule has 0 spiro atoms. The summed E-state index contributed by atoms with van der Waals surface area (Å²) >= 11 is 0. The van der Waals surface area contributed by atoms with E-state index in [0.29, 0.717) is 0 Å². The Balaban J connectivity index is 0.782. The molecule has 16 saturated carbocycles. The Morgan fingerprint density at radius 2 is 0.402 bits per heavy atom. The number of aromatic nitrogens is 4. The first-order valence-electron chi connectivity index (χ1n) is 43.8. The van der Waals surface area contributed by atoms with E-state index in [1.165, 1.54) is 231 Å². The van der Waals surface area contributed by atoms with Gasteiger partial charge in [-0.3, -0.25) is 19.9 Å². The third-order valence-electron chi connectivity index (χ3n) is 32.9. The molecule has 4 heterocycles.